The number of cyclic esters (lactones) is 1. The van der Waals surface area contributed by atoms with E-state index in [2.05, 4.69) is 0 Å². The van der Waals surface area contributed by atoms with Gasteiger partial charge in [-0.15, -0.1) is 0 Å². The number of aryl methyl sites for hydroxylation is 1. The van der Waals surface area contributed by atoms with Crippen molar-refractivity contribution in [3.05, 3.63) is 64.7 Å². The van der Waals surface area contributed by atoms with E-state index in [0.29, 0.717) is 24.5 Å². The van der Waals surface area contributed by atoms with E-state index in [1.54, 1.807) is 6.92 Å². The molecule has 1 aliphatic heterocycles. The lowest BCUT2D eigenvalue weighted by Gasteiger charge is -2.33. The summed E-state index contributed by atoms with van der Waals surface area (Å²) >= 11 is 5.87. The molecule has 2 aromatic rings. The van der Waals surface area contributed by atoms with Gasteiger partial charge in [0.1, 0.15) is 18.5 Å². The minimum atomic E-state index is -0.959. The fraction of sp³-hybridized carbons (Fsp3) is 0.381. The van der Waals surface area contributed by atoms with E-state index in [0.717, 1.165) is 23.3 Å². The summed E-state index contributed by atoms with van der Waals surface area (Å²) in [5, 5.41) is 10.8. The topological polar surface area (TPSA) is 55.8 Å². The van der Waals surface area contributed by atoms with E-state index in [-0.39, 0.29) is 18.5 Å². The predicted octanol–water partition coefficient (Wildman–Crippen LogP) is 4.31. The van der Waals surface area contributed by atoms with Crippen molar-refractivity contribution in [3.63, 3.8) is 0 Å². The molecule has 3 rings (SSSR count). The Bertz CT molecular complexity index is 738. The van der Waals surface area contributed by atoms with Crippen molar-refractivity contribution in [1.82, 2.24) is 0 Å². The second kappa shape index (κ2) is 8.11. The van der Waals surface area contributed by atoms with Crippen LogP contribution in [0.5, 0.6) is 5.75 Å². The monoisotopic (exact) mass is 374 g/mol. The largest absolute Gasteiger partial charge is 0.489 e. The third-order valence-corrected chi connectivity index (χ3v) is 4.74. The molecule has 4 nitrogen and oxygen atoms in total. The van der Waals surface area contributed by atoms with E-state index >= 15 is 0 Å². The highest BCUT2D eigenvalue weighted by atomic mass is 35.5. The van der Waals surface area contributed by atoms with E-state index in [1.807, 2.05) is 48.5 Å². The van der Waals surface area contributed by atoms with Crippen molar-refractivity contribution in [2.45, 2.75) is 50.9 Å². The van der Waals surface area contributed by atoms with Crippen LogP contribution in [0.3, 0.4) is 0 Å². The second-order valence-corrected chi connectivity index (χ2v) is 7.52. The summed E-state index contributed by atoms with van der Waals surface area (Å²) < 4.78 is 11.1. The lowest BCUT2D eigenvalue weighted by molar-refractivity contribution is -0.168. The Kier molecular flexibility index (Phi) is 5.84. The minimum absolute atomic E-state index is 0.0726. The summed E-state index contributed by atoms with van der Waals surface area (Å²) in [5.41, 5.74) is 1.24. The van der Waals surface area contributed by atoms with Gasteiger partial charge >= 0.3 is 5.97 Å². The van der Waals surface area contributed by atoms with Gasteiger partial charge < -0.3 is 14.6 Å². The van der Waals surface area contributed by atoms with Gasteiger partial charge in [0.15, 0.2) is 0 Å². The van der Waals surface area contributed by atoms with Gasteiger partial charge in [-0.3, -0.25) is 4.79 Å². The van der Waals surface area contributed by atoms with Crippen LogP contribution in [0.2, 0.25) is 5.02 Å². The summed E-state index contributed by atoms with van der Waals surface area (Å²) in [5.74, 6) is 0.480. The number of rotatable bonds is 6. The number of halogens is 1. The van der Waals surface area contributed by atoms with Gasteiger partial charge in [0.25, 0.3) is 0 Å². The second-order valence-electron chi connectivity index (χ2n) is 7.09. The summed E-state index contributed by atoms with van der Waals surface area (Å²) in [4.78, 5) is 11.5. The number of hydrogen-bond donors (Lipinski definition) is 1. The Balaban J connectivity index is 1.48. The summed E-state index contributed by atoms with van der Waals surface area (Å²) in [6.07, 6.45) is 1.81. The molecule has 0 spiro atoms. The average Bonchev–Trinajstić information content (AvgIpc) is 2.59. The highest BCUT2D eigenvalue weighted by molar-refractivity contribution is 6.30. The zero-order valence-corrected chi connectivity index (χ0v) is 15.5. The third-order valence-electron chi connectivity index (χ3n) is 4.49. The molecule has 0 saturated carbocycles. The van der Waals surface area contributed by atoms with Crippen LogP contribution in [0, 0.1) is 0 Å². The molecule has 0 radical (unpaired) electrons. The van der Waals surface area contributed by atoms with Crippen molar-refractivity contribution in [1.29, 1.82) is 0 Å². The van der Waals surface area contributed by atoms with Crippen molar-refractivity contribution in [2.75, 3.05) is 0 Å². The maximum Gasteiger partial charge on any atom is 0.308 e. The van der Waals surface area contributed by atoms with Crippen molar-refractivity contribution in [3.8, 4) is 5.75 Å². The van der Waals surface area contributed by atoms with Gasteiger partial charge in [-0.2, -0.15) is 0 Å². The lowest BCUT2D eigenvalue weighted by atomic mass is 9.89. The standard InChI is InChI=1S/C21H23ClO4/c1-21(24)12-19(26-20(23)13-21)11-6-15-4-9-18(10-5-15)25-14-16-2-7-17(22)8-3-16/h2-5,7-10,19,24H,6,11-14H2,1H3. The maximum atomic E-state index is 11.5. The smallest absolute Gasteiger partial charge is 0.308 e. The highest BCUT2D eigenvalue weighted by Gasteiger charge is 2.35. The van der Waals surface area contributed by atoms with Crippen LogP contribution in [0.15, 0.2) is 48.5 Å². The summed E-state index contributed by atoms with van der Waals surface area (Å²) in [6, 6.07) is 15.5. The SMILES string of the molecule is CC1(O)CC(=O)OC(CCc2ccc(OCc3ccc(Cl)cc3)cc2)C1. The van der Waals surface area contributed by atoms with Gasteiger partial charge in [0, 0.05) is 11.4 Å². The van der Waals surface area contributed by atoms with Crippen LogP contribution in [0.4, 0.5) is 0 Å². The average molecular weight is 375 g/mol. The first kappa shape index (κ1) is 18.7. The first-order valence-corrected chi connectivity index (χ1v) is 9.15. The number of ether oxygens (including phenoxy) is 2. The van der Waals surface area contributed by atoms with Crippen LogP contribution in [-0.4, -0.2) is 22.8 Å². The van der Waals surface area contributed by atoms with E-state index in [9.17, 15) is 9.90 Å². The molecule has 5 heteroatoms. The molecule has 1 heterocycles. The van der Waals surface area contributed by atoms with E-state index in [4.69, 9.17) is 21.1 Å². The summed E-state index contributed by atoms with van der Waals surface area (Å²) in [6.45, 7) is 2.18. The van der Waals surface area contributed by atoms with E-state index < -0.39 is 5.60 Å². The maximum absolute atomic E-state index is 11.5. The zero-order chi connectivity index (χ0) is 18.6. The Morgan fingerprint density at radius 2 is 1.81 bits per heavy atom. The molecule has 138 valence electrons. The molecular weight excluding hydrogens is 352 g/mol. The van der Waals surface area contributed by atoms with E-state index in [1.165, 1.54) is 0 Å². The highest BCUT2D eigenvalue weighted by Crippen LogP contribution is 2.27. The van der Waals surface area contributed by atoms with Gasteiger partial charge in [0.2, 0.25) is 0 Å². The Labute approximate surface area is 158 Å². The van der Waals surface area contributed by atoms with Crippen LogP contribution in [0.1, 0.15) is 37.3 Å². The molecule has 2 unspecified atom stereocenters. The number of esters is 1. The number of benzene rings is 2. The molecule has 0 amide bonds. The quantitative estimate of drug-likeness (QED) is 0.765. The fourth-order valence-electron chi connectivity index (χ4n) is 3.13. The molecule has 26 heavy (non-hydrogen) atoms. The Morgan fingerprint density at radius 1 is 1.15 bits per heavy atom. The number of hydrogen-bond acceptors (Lipinski definition) is 4. The third kappa shape index (κ3) is 5.48. The van der Waals surface area contributed by atoms with Crippen molar-refractivity contribution in [2.24, 2.45) is 0 Å². The molecule has 0 aromatic heterocycles. The molecule has 2 aromatic carbocycles. The van der Waals surface area contributed by atoms with Gasteiger partial charge in [-0.25, -0.2) is 0 Å². The number of aliphatic hydroxyl groups is 1. The van der Waals surface area contributed by atoms with Crippen molar-refractivity contribution >= 4 is 17.6 Å². The predicted molar refractivity (Wildman–Crippen MR) is 100 cm³/mol. The molecule has 1 aliphatic rings. The van der Waals surface area contributed by atoms with Crippen LogP contribution in [0.25, 0.3) is 0 Å². The number of carbonyl (C=O) groups excluding carboxylic acids is 1. The molecule has 0 aliphatic carbocycles. The molecule has 1 saturated heterocycles. The summed E-state index contributed by atoms with van der Waals surface area (Å²) in [7, 11) is 0. The van der Waals surface area contributed by atoms with Gasteiger partial charge in [0.05, 0.1) is 12.0 Å². The van der Waals surface area contributed by atoms with Crippen molar-refractivity contribution < 1.29 is 19.4 Å². The van der Waals surface area contributed by atoms with Gasteiger partial charge in [-0.1, -0.05) is 35.9 Å². The Hall–Kier alpha value is -2.04. The fourth-order valence-corrected chi connectivity index (χ4v) is 3.26. The number of carbonyl (C=O) groups is 1. The molecule has 2 atom stereocenters. The van der Waals surface area contributed by atoms with Gasteiger partial charge in [-0.05, 0) is 55.2 Å². The first-order chi connectivity index (χ1) is 12.4. The first-order valence-electron chi connectivity index (χ1n) is 8.78. The molecular formula is C21H23ClO4. The zero-order valence-electron chi connectivity index (χ0n) is 14.8. The van der Waals surface area contributed by atoms with Crippen LogP contribution < -0.4 is 4.74 Å². The lowest BCUT2D eigenvalue weighted by Crippen LogP contribution is -2.41. The van der Waals surface area contributed by atoms with Crippen LogP contribution in [-0.2, 0) is 22.6 Å². The minimum Gasteiger partial charge on any atom is -0.489 e. The molecule has 0 bridgehead atoms. The molecule has 1 N–H and O–H groups in total. The van der Waals surface area contributed by atoms with Crippen LogP contribution >= 0.6 is 11.6 Å². The normalized spacial score (nSPS) is 22.7. The molecule has 1 fully saturated rings. The Morgan fingerprint density at radius 3 is 2.46 bits per heavy atom.